The van der Waals surface area contributed by atoms with E-state index in [1.807, 2.05) is 19.9 Å². The van der Waals surface area contributed by atoms with Crippen molar-refractivity contribution in [2.75, 3.05) is 6.54 Å². The molecule has 0 saturated carbocycles. The average molecular weight is 207 g/mol. The van der Waals surface area contributed by atoms with Crippen molar-refractivity contribution in [3.63, 3.8) is 0 Å². The molecule has 1 heterocycles. The molecule has 0 bridgehead atoms. The van der Waals surface area contributed by atoms with E-state index in [1.165, 1.54) is 0 Å². The lowest BCUT2D eigenvalue weighted by Crippen LogP contribution is -2.32. The van der Waals surface area contributed by atoms with Crippen molar-refractivity contribution >= 4 is 5.84 Å². The van der Waals surface area contributed by atoms with Crippen molar-refractivity contribution in [3.05, 3.63) is 23.0 Å². The Morgan fingerprint density at radius 3 is 2.80 bits per heavy atom. The fourth-order valence-corrected chi connectivity index (χ4v) is 1.22. The van der Waals surface area contributed by atoms with Gasteiger partial charge in [0.05, 0.1) is 11.4 Å². The van der Waals surface area contributed by atoms with Gasteiger partial charge in [-0.15, -0.1) is 0 Å². The van der Waals surface area contributed by atoms with Crippen molar-refractivity contribution in [2.45, 2.75) is 27.2 Å². The van der Waals surface area contributed by atoms with Crippen LogP contribution in [-0.2, 0) is 0 Å². The first kappa shape index (κ1) is 11.6. The topological polar surface area (TPSA) is 76.2 Å². The van der Waals surface area contributed by atoms with Gasteiger partial charge in [0.15, 0.2) is 0 Å². The van der Waals surface area contributed by atoms with Crippen molar-refractivity contribution in [1.29, 1.82) is 0 Å². The van der Waals surface area contributed by atoms with Gasteiger partial charge in [-0.1, -0.05) is 6.92 Å². The molecule has 5 nitrogen and oxygen atoms in total. The van der Waals surface area contributed by atoms with Gasteiger partial charge in [0.25, 0.3) is 0 Å². The second-order valence-corrected chi connectivity index (χ2v) is 3.36. The summed E-state index contributed by atoms with van der Waals surface area (Å²) in [6.45, 7) is 6.60. The van der Waals surface area contributed by atoms with Gasteiger partial charge < -0.3 is 5.43 Å². The number of hydrogen-bond acceptors (Lipinski definition) is 4. The van der Waals surface area contributed by atoms with Gasteiger partial charge in [0.2, 0.25) is 0 Å². The Morgan fingerprint density at radius 2 is 2.20 bits per heavy atom. The molecule has 0 spiro atoms. The summed E-state index contributed by atoms with van der Waals surface area (Å²) >= 11 is 0. The summed E-state index contributed by atoms with van der Waals surface area (Å²) in [6, 6.07) is 1.93. The first-order valence-corrected chi connectivity index (χ1v) is 5.01. The minimum Gasteiger partial charge on any atom is -0.308 e. The molecule has 1 aromatic rings. The molecule has 0 fully saturated rings. The minimum absolute atomic E-state index is 0.673. The number of aliphatic imine (C=N–C) groups is 1. The molecule has 0 radical (unpaired) electrons. The number of rotatable bonds is 3. The number of nitrogens with two attached hydrogens (primary N) is 1. The van der Waals surface area contributed by atoms with Gasteiger partial charge >= 0.3 is 0 Å². The third-order valence-corrected chi connectivity index (χ3v) is 1.99. The molecule has 15 heavy (non-hydrogen) atoms. The molecule has 0 aliphatic carbocycles. The predicted molar refractivity (Wildman–Crippen MR) is 60.5 cm³/mol. The first-order chi connectivity index (χ1) is 7.19. The van der Waals surface area contributed by atoms with Crippen LogP contribution in [0.5, 0.6) is 0 Å². The van der Waals surface area contributed by atoms with E-state index < -0.39 is 0 Å². The summed E-state index contributed by atoms with van der Waals surface area (Å²) in [6.07, 6.45) is 0.988. The van der Waals surface area contributed by atoms with Gasteiger partial charge in [0.1, 0.15) is 5.84 Å². The minimum atomic E-state index is 0.673. The lowest BCUT2D eigenvalue weighted by Gasteiger charge is -2.08. The molecule has 0 saturated heterocycles. The van der Waals surface area contributed by atoms with E-state index in [4.69, 9.17) is 5.84 Å². The number of nitrogens with zero attached hydrogens (tertiary/aromatic N) is 3. The molecular formula is C10H17N5. The van der Waals surface area contributed by atoms with Crippen LogP contribution < -0.4 is 11.3 Å². The highest BCUT2D eigenvalue weighted by atomic mass is 15.3. The maximum Gasteiger partial charge on any atom is 0.144 e. The Hall–Kier alpha value is -1.49. The quantitative estimate of drug-likeness (QED) is 0.331. The Kier molecular flexibility index (Phi) is 4.17. The zero-order valence-electron chi connectivity index (χ0n) is 9.41. The van der Waals surface area contributed by atoms with E-state index in [9.17, 15) is 0 Å². The molecular weight excluding hydrogens is 190 g/mol. The van der Waals surface area contributed by atoms with Crippen molar-refractivity contribution < 1.29 is 0 Å². The van der Waals surface area contributed by atoms with Crippen LogP contribution >= 0.6 is 0 Å². The summed E-state index contributed by atoms with van der Waals surface area (Å²) in [7, 11) is 0. The maximum atomic E-state index is 5.44. The molecule has 0 aliphatic heterocycles. The van der Waals surface area contributed by atoms with E-state index in [0.29, 0.717) is 5.84 Å². The van der Waals surface area contributed by atoms with Gasteiger partial charge in [-0.05, 0) is 26.3 Å². The molecule has 1 aromatic heterocycles. The highest BCUT2D eigenvalue weighted by Crippen LogP contribution is 2.05. The second kappa shape index (κ2) is 5.41. The molecule has 1 rings (SSSR count). The Balaban J connectivity index is 3.05. The van der Waals surface area contributed by atoms with Crippen molar-refractivity contribution in [2.24, 2.45) is 10.8 Å². The number of aromatic nitrogens is 2. The van der Waals surface area contributed by atoms with Crippen LogP contribution in [0.1, 0.15) is 30.3 Å². The average Bonchev–Trinajstić information content (AvgIpc) is 2.24. The zero-order chi connectivity index (χ0) is 11.3. The first-order valence-electron chi connectivity index (χ1n) is 5.01. The van der Waals surface area contributed by atoms with E-state index in [0.717, 1.165) is 29.9 Å². The van der Waals surface area contributed by atoms with Gasteiger partial charge in [0, 0.05) is 12.1 Å². The van der Waals surface area contributed by atoms with Crippen LogP contribution in [0.25, 0.3) is 0 Å². The molecule has 0 aromatic carbocycles. The zero-order valence-corrected chi connectivity index (χ0v) is 9.41. The predicted octanol–water partition coefficient (Wildman–Crippen LogP) is 0.713. The smallest absolute Gasteiger partial charge is 0.144 e. The molecule has 0 amide bonds. The second-order valence-electron chi connectivity index (χ2n) is 3.36. The lowest BCUT2D eigenvalue weighted by molar-refractivity contribution is 0.894. The molecule has 5 heteroatoms. The number of nitrogens with one attached hydrogen (secondary N) is 1. The Morgan fingerprint density at radius 1 is 1.47 bits per heavy atom. The number of hydrogen-bond donors (Lipinski definition) is 2. The number of amidine groups is 1. The van der Waals surface area contributed by atoms with E-state index in [1.54, 1.807) is 0 Å². The van der Waals surface area contributed by atoms with Crippen molar-refractivity contribution in [1.82, 2.24) is 15.6 Å². The third kappa shape index (κ3) is 2.99. The number of hydrazine groups is 1. The Labute approximate surface area is 89.8 Å². The van der Waals surface area contributed by atoms with Crippen LogP contribution in [0.15, 0.2) is 11.1 Å². The molecule has 0 aliphatic rings. The summed E-state index contributed by atoms with van der Waals surface area (Å²) in [5.41, 5.74) is 5.20. The lowest BCUT2D eigenvalue weighted by atomic mass is 10.2. The highest BCUT2D eigenvalue weighted by Gasteiger charge is 2.07. The summed E-state index contributed by atoms with van der Waals surface area (Å²) < 4.78 is 0. The van der Waals surface area contributed by atoms with E-state index in [2.05, 4.69) is 27.5 Å². The SMILES string of the molecule is CCCN=C(NN)c1cc(C)nnc1C. The van der Waals surface area contributed by atoms with Crippen molar-refractivity contribution in [3.8, 4) is 0 Å². The fraction of sp³-hybridized carbons (Fsp3) is 0.500. The van der Waals surface area contributed by atoms with Crippen LogP contribution in [0, 0.1) is 13.8 Å². The highest BCUT2D eigenvalue weighted by molar-refractivity contribution is 5.99. The van der Waals surface area contributed by atoms with Gasteiger partial charge in [-0.25, -0.2) is 5.84 Å². The maximum absolute atomic E-state index is 5.44. The summed E-state index contributed by atoms with van der Waals surface area (Å²) in [4.78, 5) is 4.35. The molecule has 82 valence electrons. The molecule has 0 atom stereocenters. The van der Waals surface area contributed by atoms with Gasteiger partial charge in [-0.3, -0.25) is 4.99 Å². The van der Waals surface area contributed by atoms with E-state index >= 15 is 0 Å². The van der Waals surface area contributed by atoms with Crippen LogP contribution in [0.3, 0.4) is 0 Å². The van der Waals surface area contributed by atoms with Gasteiger partial charge in [-0.2, -0.15) is 10.2 Å². The standard InChI is InChI=1S/C10H17N5/c1-4-5-12-10(13-11)9-6-7(2)14-15-8(9)3/h6H,4-5,11H2,1-3H3,(H,12,13). The molecule has 3 N–H and O–H groups in total. The third-order valence-electron chi connectivity index (χ3n) is 1.99. The van der Waals surface area contributed by atoms with E-state index in [-0.39, 0.29) is 0 Å². The largest absolute Gasteiger partial charge is 0.308 e. The van der Waals surface area contributed by atoms with Crippen LogP contribution in [0.2, 0.25) is 0 Å². The Bertz CT molecular complexity index is 359. The molecule has 0 unspecified atom stereocenters. The number of aryl methyl sites for hydroxylation is 2. The monoisotopic (exact) mass is 207 g/mol. The fourth-order valence-electron chi connectivity index (χ4n) is 1.22. The summed E-state index contributed by atoms with van der Waals surface area (Å²) in [5, 5.41) is 7.99. The normalized spacial score (nSPS) is 11.6. The van der Waals surface area contributed by atoms with Crippen LogP contribution in [0.4, 0.5) is 0 Å². The summed E-state index contributed by atoms with van der Waals surface area (Å²) in [5.74, 6) is 6.11. The van der Waals surface area contributed by atoms with Crippen LogP contribution in [-0.4, -0.2) is 22.6 Å².